The predicted octanol–water partition coefficient (Wildman–Crippen LogP) is -1.21. The van der Waals surface area contributed by atoms with Gasteiger partial charge in [-0.15, -0.1) is 0 Å². The SMILES string of the molecule is NC(=NO)[C@@H]1CC(F)(F)CN1C(=O)[O-]. The standard InChI is InChI=1S/C6H9F2N3O3/c7-6(8)1-3(4(9)10-14)11(2-6)5(12)13/h3,14H,1-2H2,(H2,9,10)(H,12,13)/p-1/t3-/m0/s1. The van der Waals surface area contributed by atoms with Crippen LogP contribution in [0.2, 0.25) is 0 Å². The molecule has 3 N–H and O–H groups in total. The van der Waals surface area contributed by atoms with E-state index in [4.69, 9.17) is 10.9 Å². The Labute approximate surface area is 77.6 Å². The number of carbonyl (C=O) groups excluding carboxylic acids is 1. The van der Waals surface area contributed by atoms with Gasteiger partial charge in [0.15, 0.2) is 5.84 Å². The van der Waals surface area contributed by atoms with Crippen molar-refractivity contribution < 1.29 is 23.9 Å². The van der Waals surface area contributed by atoms with Gasteiger partial charge in [0, 0.05) is 6.42 Å². The lowest BCUT2D eigenvalue weighted by molar-refractivity contribution is -0.266. The molecule has 0 bridgehead atoms. The Morgan fingerprint density at radius 2 is 2.29 bits per heavy atom. The number of halogens is 2. The molecule has 1 amide bonds. The molecule has 14 heavy (non-hydrogen) atoms. The van der Waals surface area contributed by atoms with Gasteiger partial charge in [0.25, 0.3) is 5.92 Å². The highest BCUT2D eigenvalue weighted by Gasteiger charge is 2.46. The molecule has 1 atom stereocenters. The number of hydrogen-bond donors (Lipinski definition) is 2. The number of nitrogens with zero attached hydrogens (tertiary/aromatic N) is 2. The highest BCUT2D eigenvalue weighted by atomic mass is 19.3. The number of rotatable bonds is 1. The van der Waals surface area contributed by atoms with Gasteiger partial charge >= 0.3 is 0 Å². The molecule has 0 saturated carbocycles. The zero-order valence-electron chi connectivity index (χ0n) is 6.98. The van der Waals surface area contributed by atoms with Crippen LogP contribution in [0.15, 0.2) is 5.16 Å². The summed E-state index contributed by atoms with van der Waals surface area (Å²) in [5.41, 5.74) is 5.06. The molecule has 0 aromatic rings. The normalized spacial score (nSPS) is 26.6. The molecule has 0 aliphatic carbocycles. The van der Waals surface area contributed by atoms with E-state index in [1.54, 1.807) is 0 Å². The third-order valence-corrected chi connectivity index (χ3v) is 1.96. The fraction of sp³-hybridized carbons (Fsp3) is 0.667. The van der Waals surface area contributed by atoms with E-state index < -0.39 is 36.9 Å². The van der Waals surface area contributed by atoms with Gasteiger partial charge in [-0.25, -0.2) is 8.78 Å². The Morgan fingerprint density at radius 3 is 2.71 bits per heavy atom. The number of amidine groups is 1. The number of carboxylic acid groups (broad SMARTS) is 1. The van der Waals surface area contributed by atoms with Crippen LogP contribution in [0.25, 0.3) is 0 Å². The Hall–Kier alpha value is -1.60. The minimum atomic E-state index is -3.17. The third-order valence-electron chi connectivity index (χ3n) is 1.96. The zero-order chi connectivity index (χ0) is 10.9. The van der Waals surface area contributed by atoms with Crippen molar-refractivity contribution in [1.29, 1.82) is 0 Å². The van der Waals surface area contributed by atoms with Gasteiger partial charge in [-0.2, -0.15) is 0 Å². The summed E-state index contributed by atoms with van der Waals surface area (Å²) < 4.78 is 25.6. The second-order valence-electron chi connectivity index (χ2n) is 2.99. The molecule has 1 rings (SSSR count). The van der Waals surface area contributed by atoms with E-state index in [-0.39, 0.29) is 0 Å². The van der Waals surface area contributed by atoms with Crippen LogP contribution in [-0.2, 0) is 0 Å². The Bertz CT molecular complexity index is 281. The average molecular weight is 208 g/mol. The minimum absolute atomic E-state index is 0.342. The maximum Gasteiger partial charge on any atom is 0.267 e. The van der Waals surface area contributed by atoms with Crippen molar-refractivity contribution >= 4 is 11.9 Å². The second kappa shape index (κ2) is 3.28. The monoisotopic (exact) mass is 208 g/mol. The molecule has 80 valence electrons. The van der Waals surface area contributed by atoms with Gasteiger partial charge in [0.1, 0.15) is 6.09 Å². The van der Waals surface area contributed by atoms with Crippen molar-refractivity contribution in [3.05, 3.63) is 0 Å². The molecular weight excluding hydrogens is 200 g/mol. The Morgan fingerprint density at radius 1 is 1.71 bits per heavy atom. The lowest BCUT2D eigenvalue weighted by atomic mass is 10.2. The molecular formula is C6H8F2N3O3-. The van der Waals surface area contributed by atoms with Crippen LogP contribution in [0.3, 0.4) is 0 Å². The van der Waals surface area contributed by atoms with Crippen molar-refractivity contribution in [2.75, 3.05) is 6.54 Å². The van der Waals surface area contributed by atoms with Crippen LogP contribution in [0, 0.1) is 0 Å². The minimum Gasteiger partial charge on any atom is -0.530 e. The number of oxime groups is 1. The highest BCUT2D eigenvalue weighted by molar-refractivity contribution is 5.88. The summed E-state index contributed by atoms with van der Waals surface area (Å²) in [5.74, 6) is -3.73. The van der Waals surface area contributed by atoms with E-state index in [1.807, 2.05) is 0 Å². The van der Waals surface area contributed by atoms with E-state index >= 15 is 0 Å². The van der Waals surface area contributed by atoms with E-state index in [1.165, 1.54) is 0 Å². The number of carbonyl (C=O) groups is 1. The van der Waals surface area contributed by atoms with E-state index in [2.05, 4.69) is 5.16 Å². The van der Waals surface area contributed by atoms with E-state index in [0.29, 0.717) is 4.90 Å². The molecule has 0 spiro atoms. The van der Waals surface area contributed by atoms with Gasteiger partial charge in [-0.3, -0.25) is 0 Å². The molecule has 0 aromatic carbocycles. The molecule has 0 radical (unpaired) electrons. The quantitative estimate of drug-likeness (QED) is 0.244. The average Bonchev–Trinajstić information content (AvgIpc) is 2.40. The lowest BCUT2D eigenvalue weighted by Gasteiger charge is -2.24. The zero-order valence-corrected chi connectivity index (χ0v) is 6.98. The molecule has 1 aliphatic heterocycles. The molecule has 0 aromatic heterocycles. The first-order valence-electron chi connectivity index (χ1n) is 3.70. The van der Waals surface area contributed by atoms with Crippen molar-refractivity contribution in [3.63, 3.8) is 0 Å². The largest absolute Gasteiger partial charge is 0.530 e. The molecule has 1 fully saturated rings. The van der Waals surface area contributed by atoms with Crippen LogP contribution < -0.4 is 10.8 Å². The molecule has 0 unspecified atom stereocenters. The van der Waals surface area contributed by atoms with Crippen molar-refractivity contribution in [2.45, 2.75) is 18.4 Å². The number of likely N-dealkylation sites (tertiary alicyclic amines) is 1. The molecule has 1 saturated heterocycles. The smallest absolute Gasteiger partial charge is 0.267 e. The summed E-state index contributed by atoms with van der Waals surface area (Å²) in [5, 5.41) is 21.1. The maximum atomic E-state index is 12.8. The van der Waals surface area contributed by atoms with E-state index in [0.717, 1.165) is 0 Å². The molecule has 8 heteroatoms. The van der Waals surface area contributed by atoms with Crippen LogP contribution in [-0.4, -0.2) is 40.5 Å². The summed E-state index contributed by atoms with van der Waals surface area (Å²) in [6.45, 7) is -0.990. The first-order chi connectivity index (χ1) is 6.37. The number of amides is 1. The van der Waals surface area contributed by atoms with Crippen LogP contribution in [0.1, 0.15) is 6.42 Å². The fourth-order valence-electron chi connectivity index (χ4n) is 1.34. The number of nitrogens with two attached hydrogens (primary N) is 1. The van der Waals surface area contributed by atoms with Crippen LogP contribution in [0.4, 0.5) is 13.6 Å². The first-order valence-corrected chi connectivity index (χ1v) is 3.70. The van der Waals surface area contributed by atoms with Gasteiger partial charge < -0.3 is 25.7 Å². The summed E-state index contributed by atoms with van der Waals surface area (Å²) in [6, 6.07) is -1.32. The van der Waals surface area contributed by atoms with E-state index in [9.17, 15) is 18.7 Å². The Balaban J connectivity index is 2.88. The van der Waals surface area contributed by atoms with Crippen LogP contribution >= 0.6 is 0 Å². The number of alkyl halides is 2. The predicted molar refractivity (Wildman–Crippen MR) is 38.9 cm³/mol. The van der Waals surface area contributed by atoms with Gasteiger partial charge in [0.2, 0.25) is 0 Å². The maximum absolute atomic E-state index is 12.8. The summed E-state index contributed by atoms with van der Waals surface area (Å²) in [7, 11) is 0. The molecule has 6 nitrogen and oxygen atoms in total. The fourth-order valence-corrected chi connectivity index (χ4v) is 1.34. The van der Waals surface area contributed by atoms with Crippen molar-refractivity contribution in [1.82, 2.24) is 4.90 Å². The second-order valence-corrected chi connectivity index (χ2v) is 2.99. The van der Waals surface area contributed by atoms with Gasteiger partial charge in [-0.05, 0) is 0 Å². The van der Waals surface area contributed by atoms with Gasteiger partial charge in [0.05, 0.1) is 12.6 Å². The number of hydrogen-bond acceptors (Lipinski definition) is 4. The molecule has 1 heterocycles. The lowest BCUT2D eigenvalue weighted by Crippen LogP contribution is -2.49. The topological polar surface area (TPSA) is 102 Å². The van der Waals surface area contributed by atoms with Gasteiger partial charge in [-0.1, -0.05) is 5.16 Å². The summed E-state index contributed by atoms with van der Waals surface area (Å²) >= 11 is 0. The summed E-state index contributed by atoms with van der Waals surface area (Å²) in [4.78, 5) is 10.8. The molecule has 1 aliphatic rings. The third kappa shape index (κ3) is 1.83. The first kappa shape index (κ1) is 10.5. The van der Waals surface area contributed by atoms with Crippen molar-refractivity contribution in [2.24, 2.45) is 10.9 Å². The summed E-state index contributed by atoms with van der Waals surface area (Å²) in [6.07, 6.45) is -2.56. The Kier molecular flexibility index (Phi) is 2.45. The highest BCUT2D eigenvalue weighted by Crippen LogP contribution is 2.31. The van der Waals surface area contributed by atoms with Crippen molar-refractivity contribution in [3.8, 4) is 0 Å². The van der Waals surface area contributed by atoms with Crippen LogP contribution in [0.5, 0.6) is 0 Å².